The van der Waals surface area contributed by atoms with Crippen LogP contribution in [0.15, 0.2) is 60.7 Å². The van der Waals surface area contributed by atoms with Gasteiger partial charge in [-0.15, -0.1) is 0 Å². The Kier molecular flexibility index (Phi) is 6.49. The molecule has 0 bridgehead atoms. The summed E-state index contributed by atoms with van der Waals surface area (Å²) in [6, 6.07) is 20.5. The Labute approximate surface area is 133 Å². The van der Waals surface area contributed by atoms with Crippen LogP contribution >= 0.6 is 0 Å². The summed E-state index contributed by atoms with van der Waals surface area (Å²) in [6.45, 7) is 1.59. The Balaban J connectivity index is 1.60. The van der Waals surface area contributed by atoms with Crippen molar-refractivity contribution in [2.75, 3.05) is 25.0 Å². The lowest BCUT2D eigenvalue weighted by molar-refractivity contribution is -0.121. The smallest absolute Gasteiger partial charge is 0.220 e. The maximum atomic E-state index is 11.8. The third-order valence-corrected chi connectivity index (χ3v) is 3.67. The number of hydrogen-bond acceptors (Lipinski definition) is 2. The van der Waals surface area contributed by atoms with Gasteiger partial charge in [-0.3, -0.25) is 4.79 Å². The van der Waals surface area contributed by atoms with Crippen LogP contribution in [0.2, 0.25) is 0 Å². The van der Waals surface area contributed by atoms with E-state index in [0.29, 0.717) is 13.0 Å². The molecule has 0 atom stereocenters. The van der Waals surface area contributed by atoms with Crippen molar-refractivity contribution in [3.05, 3.63) is 66.2 Å². The Bertz CT molecular complexity index is 554. The van der Waals surface area contributed by atoms with E-state index in [1.54, 1.807) is 0 Å². The standard InChI is InChI=1S/C19H24N2O/c1-21(18-11-6-3-7-12-18)16-8-13-19(22)20-15-14-17-9-4-2-5-10-17/h2-7,9-12H,8,13-16H2,1H3,(H,20,22). The van der Waals surface area contributed by atoms with Gasteiger partial charge in [-0.25, -0.2) is 0 Å². The number of nitrogens with one attached hydrogen (secondary N) is 1. The van der Waals surface area contributed by atoms with Crippen LogP contribution in [0, 0.1) is 0 Å². The summed E-state index contributed by atoms with van der Waals surface area (Å²) in [5.41, 5.74) is 2.44. The first-order chi connectivity index (χ1) is 10.8. The fourth-order valence-electron chi connectivity index (χ4n) is 2.37. The van der Waals surface area contributed by atoms with E-state index in [0.717, 1.165) is 19.4 Å². The van der Waals surface area contributed by atoms with Crippen LogP contribution in [0.4, 0.5) is 5.69 Å². The van der Waals surface area contributed by atoms with Crippen molar-refractivity contribution in [1.29, 1.82) is 0 Å². The average Bonchev–Trinajstić information content (AvgIpc) is 2.56. The van der Waals surface area contributed by atoms with Crippen LogP contribution in [-0.2, 0) is 11.2 Å². The molecule has 0 aliphatic carbocycles. The molecule has 0 aliphatic heterocycles. The second-order valence-corrected chi connectivity index (χ2v) is 5.45. The summed E-state index contributed by atoms with van der Waals surface area (Å²) in [6.07, 6.45) is 2.32. The van der Waals surface area contributed by atoms with E-state index in [9.17, 15) is 4.79 Å². The number of carbonyl (C=O) groups is 1. The number of rotatable bonds is 8. The van der Waals surface area contributed by atoms with Crippen LogP contribution in [0.25, 0.3) is 0 Å². The number of nitrogens with zero attached hydrogens (tertiary/aromatic N) is 1. The third-order valence-electron chi connectivity index (χ3n) is 3.67. The lowest BCUT2D eigenvalue weighted by Crippen LogP contribution is -2.27. The van der Waals surface area contributed by atoms with Crippen LogP contribution in [-0.4, -0.2) is 26.0 Å². The maximum Gasteiger partial charge on any atom is 0.220 e. The van der Waals surface area contributed by atoms with E-state index in [1.807, 2.05) is 36.4 Å². The average molecular weight is 296 g/mol. The number of benzene rings is 2. The predicted octanol–water partition coefficient (Wildman–Crippen LogP) is 3.26. The minimum atomic E-state index is 0.136. The maximum absolute atomic E-state index is 11.8. The molecule has 22 heavy (non-hydrogen) atoms. The first-order valence-corrected chi connectivity index (χ1v) is 7.82. The number of carbonyl (C=O) groups excluding carboxylic acids is 1. The molecule has 1 N–H and O–H groups in total. The van der Waals surface area contributed by atoms with Gasteiger partial charge in [0.05, 0.1) is 0 Å². The molecular formula is C19H24N2O. The largest absolute Gasteiger partial charge is 0.375 e. The number of para-hydroxylation sites is 1. The van der Waals surface area contributed by atoms with Crippen molar-refractivity contribution in [2.45, 2.75) is 19.3 Å². The molecule has 0 spiro atoms. The van der Waals surface area contributed by atoms with Crippen molar-refractivity contribution < 1.29 is 4.79 Å². The van der Waals surface area contributed by atoms with Gasteiger partial charge in [-0.05, 0) is 30.5 Å². The minimum absolute atomic E-state index is 0.136. The zero-order chi connectivity index (χ0) is 15.6. The Hall–Kier alpha value is -2.29. The first kappa shape index (κ1) is 16.1. The van der Waals surface area contributed by atoms with Gasteiger partial charge in [0.2, 0.25) is 5.91 Å². The highest BCUT2D eigenvalue weighted by atomic mass is 16.1. The molecule has 0 aromatic heterocycles. The third kappa shape index (κ3) is 5.60. The Morgan fingerprint density at radius 3 is 2.32 bits per heavy atom. The van der Waals surface area contributed by atoms with E-state index in [4.69, 9.17) is 0 Å². The van der Waals surface area contributed by atoms with Crippen molar-refractivity contribution in [3.63, 3.8) is 0 Å². The zero-order valence-corrected chi connectivity index (χ0v) is 13.2. The molecule has 0 aliphatic rings. The summed E-state index contributed by atoms with van der Waals surface area (Å²) in [5, 5.41) is 2.99. The summed E-state index contributed by atoms with van der Waals surface area (Å²) < 4.78 is 0. The van der Waals surface area contributed by atoms with E-state index >= 15 is 0 Å². The summed E-state index contributed by atoms with van der Waals surface area (Å²) >= 11 is 0. The molecule has 2 rings (SSSR count). The fourth-order valence-corrected chi connectivity index (χ4v) is 2.37. The Morgan fingerprint density at radius 2 is 1.64 bits per heavy atom. The van der Waals surface area contributed by atoms with Gasteiger partial charge >= 0.3 is 0 Å². The number of amides is 1. The monoisotopic (exact) mass is 296 g/mol. The normalized spacial score (nSPS) is 10.2. The zero-order valence-electron chi connectivity index (χ0n) is 13.2. The van der Waals surface area contributed by atoms with Gasteiger partial charge in [0, 0.05) is 32.2 Å². The van der Waals surface area contributed by atoms with E-state index in [1.165, 1.54) is 11.3 Å². The van der Waals surface area contributed by atoms with E-state index in [-0.39, 0.29) is 5.91 Å². The highest BCUT2D eigenvalue weighted by Gasteiger charge is 2.03. The molecule has 2 aromatic carbocycles. The highest BCUT2D eigenvalue weighted by Crippen LogP contribution is 2.11. The van der Waals surface area contributed by atoms with Gasteiger partial charge in [0.1, 0.15) is 0 Å². The molecule has 0 fully saturated rings. The van der Waals surface area contributed by atoms with Crippen molar-refractivity contribution in [1.82, 2.24) is 5.32 Å². The number of anilines is 1. The molecular weight excluding hydrogens is 272 g/mol. The van der Waals surface area contributed by atoms with Gasteiger partial charge < -0.3 is 10.2 Å². The fraction of sp³-hybridized carbons (Fsp3) is 0.316. The van der Waals surface area contributed by atoms with Crippen LogP contribution in [0.3, 0.4) is 0 Å². The van der Waals surface area contributed by atoms with Gasteiger partial charge in [-0.1, -0.05) is 48.5 Å². The molecule has 1 amide bonds. The summed E-state index contributed by atoms with van der Waals surface area (Å²) in [4.78, 5) is 14.0. The SMILES string of the molecule is CN(CCCC(=O)NCCc1ccccc1)c1ccccc1. The summed E-state index contributed by atoms with van der Waals surface area (Å²) in [7, 11) is 2.06. The minimum Gasteiger partial charge on any atom is -0.375 e. The van der Waals surface area contributed by atoms with E-state index < -0.39 is 0 Å². The van der Waals surface area contributed by atoms with Crippen LogP contribution in [0.1, 0.15) is 18.4 Å². The molecule has 0 unspecified atom stereocenters. The first-order valence-electron chi connectivity index (χ1n) is 7.82. The molecule has 3 heteroatoms. The highest BCUT2D eigenvalue weighted by molar-refractivity contribution is 5.75. The molecule has 0 saturated carbocycles. The second-order valence-electron chi connectivity index (χ2n) is 5.45. The molecule has 0 saturated heterocycles. The molecule has 116 valence electrons. The molecule has 3 nitrogen and oxygen atoms in total. The quantitative estimate of drug-likeness (QED) is 0.811. The van der Waals surface area contributed by atoms with Crippen LogP contribution in [0.5, 0.6) is 0 Å². The topological polar surface area (TPSA) is 32.3 Å². The Morgan fingerprint density at radius 1 is 1.00 bits per heavy atom. The lowest BCUT2D eigenvalue weighted by atomic mass is 10.1. The molecule has 0 radical (unpaired) electrons. The summed E-state index contributed by atoms with van der Waals surface area (Å²) in [5.74, 6) is 0.136. The van der Waals surface area contributed by atoms with E-state index in [2.05, 4.69) is 41.5 Å². The van der Waals surface area contributed by atoms with Gasteiger partial charge in [0.25, 0.3) is 0 Å². The van der Waals surface area contributed by atoms with Crippen molar-refractivity contribution in [2.24, 2.45) is 0 Å². The molecule has 2 aromatic rings. The number of hydrogen-bond donors (Lipinski definition) is 1. The van der Waals surface area contributed by atoms with Gasteiger partial charge in [-0.2, -0.15) is 0 Å². The second kappa shape index (κ2) is 8.88. The van der Waals surface area contributed by atoms with Crippen LogP contribution < -0.4 is 10.2 Å². The van der Waals surface area contributed by atoms with Crippen molar-refractivity contribution >= 4 is 11.6 Å². The lowest BCUT2D eigenvalue weighted by Gasteiger charge is -2.18. The van der Waals surface area contributed by atoms with Gasteiger partial charge in [0.15, 0.2) is 0 Å². The van der Waals surface area contributed by atoms with Crippen molar-refractivity contribution in [3.8, 4) is 0 Å². The predicted molar refractivity (Wildman–Crippen MR) is 92.1 cm³/mol. The molecule has 0 heterocycles.